The van der Waals surface area contributed by atoms with E-state index in [1.165, 1.54) is 13.0 Å². The summed E-state index contributed by atoms with van der Waals surface area (Å²) >= 11 is 0. The highest BCUT2D eigenvalue weighted by molar-refractivity contribution is 5.96. The van der Waals surface area contributed by atoms with Crippen molar-refractivity contribution in [3.05, 3.63) is 75.5 Å². The molecule has 0 aliphatic heterocycles. The second-order valence-electron chi connectivity index (χ2n) is 6.08. The number of ketones is 1. The van der Waals surface area contributed by atoms with Crippen LogP contribution in [0.3, 0.4) is 0 Å². The van der Waals surface area contributed by atoms with Gasteiger partial charge in [0, 0.05) is 30.2 Å². The van der Waals surface area contributed by atoms with E-state index in [-0.39, 0.29) is 11.5 Å². The molecule has 0 N–H and O–H groups in total. The van der Waals surface area contributed by atoms with Crippen LogP contribution in [0, 0.1) is 10.1 Å². The van der Waals surface area contributed by atoms with Gasteiger partial charge in [-0.2, -0.15) is 5.10 Å². The Hall–Kier alpha value is -3.28. The predicted molar refractivity (Wildman–Crippen MR) is 93.1 cm³/mol. The molecule has 25 heavy (non-hydrogen) atoms. The van der Waals surface area contributed by atoms with Crippen LogP contribution in [0.2, 0.25) is 0 Å². The van der Waals surface area contributed by atoms with Crippen LogP contribution in [0.4, 0.5) is 5.69 Å². The van der Waals surface area contributed by atoms with Crippen molar-refractivity contribution in [1.29, 1.82) is 0 Å². The summed E-state index contributed by atoms with van der Waals surface area (Å²) in [4.78, 5) is 22.9. The summed E-state index contributed by atoms with van der Waals surface area (Å²) in [5.41, 5.74) is 4.76. The number of nitro groups is 1. The van der Waals surface area contributed by atoms with Crippen LogP contribution in [-0.2, 0) is 12.8 Å². The van der Waals surface area contributed by atoms with Crippen LogP contribution in [0.1, 0.15) is 28.5 Å². The van der Waals surface area contributed by atoms with E-state index in [2.05, 4.69) is 5.10 Å². The van der Waals surface area contributed by atoms with Gasteiger partial charge in [-0.1, -0.05) is 24.3 Å². The van der Waals surface area contributed by atoms with Gasteiger partial charge in [0.05, 0.1) is 16.3 Å². The fraction of sp³-hybridized carbons (Fsp3) is 0.158. The van der Waals surface area contributed by atoms with Gasteiger partial charge >= 0.3 is 0 Å². The van der Waals surface area contributed by atoms with Crippen LogP contribution >= 0.6 is 0 Å². The number of benzene rings is 2. The van der Waals surface area contributed by atoms with E-state index in [4.69, 9.17) is 0 Å². The van der Waals surface area contributed by atoms with Gasteiger partial charge in [-0.15, -0.1) is 0 Å². The summed E-state index contributed by atoms with van der Waals surface area (Å²) in [6.07, 6.45) is 1.43. The van der Waals surface area contributed by atoms with E-state index in [9.17, 15) is 14.9 Å². The lowest BCUT2D eigenvalue weighted by atomic mass is 9.88. The number of nitrogens with zero attached hydrogens (tertiary/aromatic N) is 3. The van der Waals surface area contributed by atoms with Gasteiger partial charge < -0.3 is 0 Å². The minimum absolute atomic E-state index is 0.0387. The first-order valence-corrected chi connectivity index (χ1v) is 8.02. The van der Waals surface area contributed by atoms with Gasteiger partial charge in [0.15, 0.2) is 5.78 Å². The fourth-order valence-corrected chi connectivity index (χ4v) is 3.38. The second-order valence-corrected chi connectivity index (χ2v) is 6.08. The number of hydrogen-bond donors (Lipinski definition) is 0. The molecule has 0 bridgehead atoms. The molecule has 6 nitrogen and oxygen atoms in total. The van der Waals surface area contributed by atoms with Crippen LogP contribution in [0.15, 0.2) is 48.5 Å². The molecule has 0 atom stereocenters. The van der Waals surface area contributed by atoms with Gasteiger partial charge in [-0.25, -0.2) is 4.68 Å². The van der Waals surface area contributed by atoms with Gasteiger partial charge in [0.1, 0.15) is 5.69 Å². The lowest BCUT2D eigenvalue weighted by Crippen LogP contribution is -2.08. The topological polar surface area (TPSA) is 78.0 Å². The number of carbonyl (C=O) groups is 1. The highest BCUT2D eigenvalue weighted by Crippen LogP contribution is 2.38. The first-order valence-electron chi connectivity index (χ1n) is 8.02. The number of hydrogen-bond acceptors (Lipinski definition) is 4. The number of aromatic nitrogens is 2. The number of nitro benzene ring substituents is 1. The summed E-state index contributed by atoms with van der Waals surface area (Å²) in [6.45, 7) is 1.50. The molecular weight excluding hydrogens is 318 g/mol. The number of para-hydroxylation sites is 1. The molecule has 4 rings (SSSR count). The first-order chi connectivity index (χ1) is 12.1. The van der Waals surface area contributed by atoms with Gasteiger partial charge in [-0.05, 0) is 30.5 Å². The largest absolute Gasteiger partial charge is 0.293 e. The number of fused-ring (bicyclic) bond motifs is 3. The molecule has 3 aromatic rings. The maximum absolute atomic E-state index is 12.1. The maximum atomic E-state index is 12.1. The summed E-state index contributed by atoms with van der Waals surface area (Å²) in [6, 6.07) is 14.4. The van der Waals surface area contributed by atoms with Crippen molar-refractivity contribution in [2.24, 2.45) is 0 Å². The minimum Gasteiger partial charge on any atom is -0.293 e. The SMILES string of the molecule is CC(=O)c1nn(-c2ccccc2)c2c1CCc1ccc([N+](=O)[O-])cc1-2. The molecule has 0 fully saturated rings. The number of rotatable bonds is 3. The third kappa shape index (κ3) is 2.42. The van der Waals surface area contributed by atoms with Gasteiger partial charge in [0.25, 0.3) is 5.69 Å². The standard InChI is InChI=1S/C19H15N3O3/c1-12(23)18-16-10-8-13-7-9-15(22(24)25)11-17(13)19(16)21(20-18)14-5-3-2-4-6-14/h2-7,9,11H,8,10H2,1H3. The van der Waals surface area contributed by atoms with Crippen molar-refractivity contribution in [2.45, 2.75) is 19.8 Å². The molecule has 0 radical (unpaired) electrons. The molecule has 2 aromatic carbocycles. The monoisotopic (exact) mass is 333 g/mol. The number of aryl methyl sites for hydroxylation is 1. The van der Waals surface area contributed by atoms with E-state index in [0.717, 1.165) is 34.5 Å². The lowest BCUT2D eigenvalue weighted by Gasteiger charge is -2.18. The van der Waals surface area contributed by atoms with E-state index in [0.29, 0.717) is 12.1 Å². The molecule has 0 saturated carbocycles. The van der Waals surface area contributed by atoms with Crippen LogP contribution in [0.5, 0.6) is 0 Å². The molecule has 0 amide bonds. The Balaban J connectivity index is 2.03. The molecule has 1 aromatic heterocycles. The van der Waals surface area contributed by atoms with Crippen molar-refractivity contribution in [2.75, 3.05) is 0 Å². The van der Waals surface area contributed by atoms with Gasteiger partial charge in [0.2, 0.25) is 0 Å². The quantitative estimate of drug-likeness (QED) is 0.415. The second kappa shape index (κ2) is 5.66. The Labute approximate surface area is 143 Å². The molecule has 124 valence electrons. The Morgan fingerprint density at radius 1 is 1.16 bits per heavy atom. The zero-order valence-corrected chi connectivity index (χ0v) is 13.6. The third-order valence-electron chi connectivity index (χ3n) is 4.52. The highest BCUT2D eigenvalue weighted by Gasteiger charge is 2.28. The Morgan fingerprint density at radius 3 is 2.60 bits per heavy atom. The lowest BCUT2D eigenvalue weighted by molar-refractivity contribution is -0.384. The van der Waals surface area contributed by atoms with Crippen LogP contribution in [0.25, 0.3) is 16.9 Å². The Morgan fingerprint density at radius 2 is 1.92 bits per heavy atom. The predicted octanol–water partition coefficient (Wildman–Crippen LogP) is 3.75. The van der Waals surface area contributed by atoms with E-state index < -0.39 is 4.92 Å². The van der Waals surface area contributed by atoms with Crippen LogP contribution in [-0.4, -0.2) is 20.5 Å². The average Bonchev–Trinajstić information content (AvgIpc) is 3.02. The Bertz CT molecular complexity index is 1010. The highest BCUT2D eigenvalue weighted by atomic mass is 16.6. The van der Waals surface area contributed by atoms with Crippen molar-refractivity contribution in [1.82, 2.24) is 9.78 Å². The van der Waals surface area contributed by atoms with E-state index >= 15 is 0 Å². The van der Waals surface area contributed by atoms with Crippen molar-refractivity contribution < 1.29 is 9.72 Å². The summed E-state index contributed by atoms with van der Waals surface area (Å²) in [7, 11) is 0. The summed E-state index contributed by atoms with van der Waals surface area (Å²) < 4.78 is 1.73. The third-order valence-corrected chi connectivity index (χ3v) is 4.52. The van der Waals surface area contributed by atoms with Crippen LogP contribution < -0.4 is 0 Å². The van der Waals surface area contributed by atoms with Crippen molar-refractivity contribution in [3.63, 3.8) is 0 Å². The zero-order chi connectivity index (χ0) is 17.6. The Kier molecular flexibility index (Phi) is 3.46. The van der Waals surface area contributed by atoms with Crippen molar-refractivity contribution in [3.8, 4) is 16.9 Å². The average molecular weight is 333 g/mol. The molecule has 1 aliphatic carbocycles. The minimum atomic E-state index is -0.399. The normalized spacial score (nSPS) is 12.4. The fourth-order valence-electron chi connectivity index (χ4n) is 3.38. The first kappa shape index (κ1) is 15.3. The summed E-state index contributed by atoms with van der Waals surface area (Å²) in [5, 5.41) is 15.7. The van der Waals surface area contributed by atoms with E-state index in [1.54, 1.807) is 16.8 Å². The molecule has 0 saturated heterocycles. The molecule has 1 aliphatic rings. The van der Waals surface area contributed by atoms with Gasteiger partial charge in [-0.3, -0.25) is 14.9 Å². The molecule has 0 spiro atoms. The van der Waals surface area contributed by atoms with E-state index in [1.807, 2.05) is 30.3 Å². The molecule has 0 unspecified atom stereocenters. The molecule has 1 heterocycles. The number of non-ortho nitro benzene ring substituents is 1. The number of Topliss-reactive ketones (excluding diaryl/α,β-unsaturated/α-hetero) is 1. The molecular formula is C19H15N3O3. The van der Waals surface area contributed by atoms with Crippen molar-refractivity contribution >= 4 is 11.5 Å². The maximum Gasteiger partial charge on any atom is 0.270 e. The zero-order valence-electron chi connectivity index (χ0n) is 13.6. The molecule has 6 heteroatoms. The number of carbonyl (C=O) groups excluding carboxylic acids is 1. The smallest absolute Gasteiger partial charge is 0.270 e. The summed E-state index contributed by atoms with van der Waals surface area (Å²) in [5.74, 6) is -0.0974.